The molecule has 1 aromatic rings. The molecule has 1 saturated carbocycles. The molecule has 0 aromatic carbocycles. The van der Waals surface area contributed by atoms with E-state index in [4.69, 9.17) is 5.11 Å². The van der Waals surface area contributed by atoms with Crippen molar-refractivity contribution in [1.82, 2.24) is 9.88 Å². The summed E-state index contributed by atoms with van der Waals surface area (Å²) in [5, 5.41) is 8.92. The minimum Gasteiger partial charge on any atom is -0.481 e. The van der Waals surface area contributed by atoms with Gasteiger partial charge in [0.2, 0.25) is 0 Å². The van der Waals surface area contributed by atoms with Gasteiger partial charge in [0.1, 0.15) is 0 Å². The van der Waals surface area contributed by atoms with Gasteiger partial charge in [0.25, 0.3) is 0 Å². The lowest BCUT2D eigenvalue weighted by Crippen LogP contribution is -2.44. The Morgan fingerprint density at radius 2 is 2.05 bits per heavy atom. The molecule has 0 spiro atoms. The van der Waals surface area contributed by atoms with Crippen molar-refractivity contribution in [2.24, 2.45) is 5.92 Å². The lowest BCUT2D eigenvalue weighted by atomic mass is 9.79. The zero-order valence-electron chi connectivity index (χ0n) is 12.8. The monoisotopic (exact) mass is 276 g/mol. The van der Waals surface area contributed by atoms with Crippen molar-refractivity contribution in [3.8, 4) is 0 Å². The number of hydrogen-bond donors (Lipinski definition) is 1. The minimum absolute atomic E-state index is 0.104. The fraction of sp³-hybridized carbons (Fsp3) is 0.625. The molecule has 4 nitrogen and oxygen atoms in total. The van der Waals surface area contributed by atoms with Gasteiger partial charge in [-0.25, -0.2) is 0 Å². The van der Waals surface area contributed by atoms with E-state index in [0.29, 0.717) is 6.04 Å². The standard InChI is InChI=1S/C16H24N2O2/c1-16(2,3)13-5-11(8-17-9-13)10-18(4)14-6-12(7-14)15(19)20/h5,8-9,12,14H,6-7,10H2,1-4H3,(H,19,20). The van der Waals surface area contributed by atoms with Gasteiger partial charge in [-0.05, 0) is 36.4 Å². The third kappa shape index (κ3) is 3.37. The molecule has 0 radical (unpaired) electrons. The number of carbonyl (C=O) groups is 1. The number of carboxylic acid groups (broad SMARTS) is 1. The molecule has 0 saturated heterocycles. The summed E-state index contributed by atoms with van der Waals surface area (Å²) in [6, 6.07) is 2.59. The Balaban J connectivity index is 1.95. The summed E-state index contributed by atoms with van der Waals surface area (Å²) in [6.07, 6.45) is 5.35. The fourth-order valence-corrected chi connectivity index (χ4v) is 2.55. The van der Waals surface area contributed by atoms with Gasteiger partial charge in [-0.1, -0.05) is 26.8 Å². The smallest absolute Gasteiger partial charge is 0.306 e. The van der Waals surface area contributed by atoms with E-state index in [1.54, 1.807) is 0 Å². The maximum absolute atomic E-state index is 10.8. The molecule has 0 bridgehead atoms. The molecule has 1 heterocycles. The Kier molecular flexibility index (Phi) is 4.14. The molecule has 1 fully saturated rings. The van der Waals surface area contributed by atoms with Gasteiger partial charge in [-0.15, -0.1) is 0 Å². The van der Waals surface area contributed by atoms with Crippen LogP contribution < -0.4 is 0 Å². The van der Waals surface area contributed by atoms with Crippen LogP contribution >= 0.6 is 0 Å². The van der Waals surface area contributed by atoms with Crippen LogP contribution in [0.1, 0.15) is 44.7 Å². The third-order valence-electron chi connectivity index (χ3n) is 4.18. The zero-order valence-corrected chi connectivity index (χ0v) is 12.8. The largest absolute Gasteiger partial charge is 0.481 e. The molecule has 0 aliphatic heterocycles. The molecule has 20 heavy (non-hydrogen) atoms. The Morgan fingerprint density at radius 1 is 1.40 bits per heavy atom. The number of pyridine rings is 1. The Hall–Kier alpha value is -1.42. The van der Waals surface area contributed by atoms with Gasteiger partial charge in [0.15, 0.2) is 0 Å². The van der Waals surface area contributed by atoms with Crippen LogP contribution in [0.3, 0.4) is 0 Å². The summed E-state index contributed by atoms with van der Waals surface area (Å²) in [5.74, 6) is -0.812. The van der Waals surface area contributed by atoms with E-state index >= 15 is 0 Å². The molecule has 1 aromatic heterocycles. The Morgan fingerprint density at radius 3 is 2.60 bits per heavy atom. The predicted octanol–water partition coefficient (Wildman–Crippen LogP) is 2.67. The van der Waals surface area contributed by atoms with Crippen LogP contribution in [0, 0.1) is 5.92 Å². The molecular weight excluding hydrogens is 252 g/mol. The van der Waals surface area contributed by atoms with E-state index in [9.17, 15) is 4.79 Å². The summed E-state index contributed by atoms with van der Waals surface area (Å²) in [7, 11) is 2.06. The maximum atomic E-state index is 10.8. The zero-order chi connectivity index (χ0) is 14.9. The van der Waals surface area contributed by atoms with Gasteiger partial charge in [-0.3, -0.25) is 14.7 Å². The van der Waals surface area contributed by atoms with E-state index in [-0.39, 0.29) is 11.3 Å². The highest BCUT2D eigenvalue weighted by atomic mass is 16.4. The second-order valence-corrected chi connectivity index (χ2v) is 6.91. The molecule has 1 aliphatic carbocycles. The number of aromatic nitrogens is 1. The average molecular weight is 276 g/mol. The van der Waals surface area contributed by atoms with Crippen molar-refractivity contribution < 1.29 is 9.90 Å². The van der Waals surface area contributed by atoms with Crippen LogP contribution in [0.4, 0.5) is 0 Å². The van der Waals surface area contributed by atoms with Crippen molar-refractivity contribution in [2.45, 2.75) is 51.6 Å². The SMILES string of the molecule is CN(Cc1cncc(C(C)(C)C)c1)C1CC(C(=O)O)C1. The van der Waals surface area contributed by atoms with Crippen molar-refractivity contribution in [2.75, 3.05) is 7.05 Å². The minimum atomic E-state index is -0.661. The molecule has 1 aliphatic rings. The van der Waals surface area contributed by atoms with Crippen LogP contribution in [0.5, 0.6) is 0 Å². The summed E-state index contributed by atoms with van der Waals surface area (Å²) >= 11 is 0. The van der Waals surface area contributed by atoms with Crippen LogP contribution in [0.2, 0.25) is 0 Å². The van der Waals surface area contributed by atoms with Gasteiger partial charge in [0, 0.05) is 25.0 Å². The summed E-state index contributed by atoms with van der Waals surface area (Å²) in [4.78, 5) is 17.4. The van der Waals surface area contributed by atoms with Gasteiger partial charge in [0.05, 0.1) is 5.92 Å². The lowest BCUT2D eigenvalue weighted by Gasteiger charge is -2.39. The van der Waals surface area contributed by atoms with E-state index < -0.39 is 5.97 Å². The highest BCUT2D eigenvalue weighted by Gasteiger charge is 2.36. The lowest BCUT2D eigenvalue weighted by molar-refractivity contribution is -0.146. The van der Waals surface area contributed by atoms with Crippen LogP contribution in [0.15, 0.2) is 18.5 Å². The Bertz CT molecular complexity index is 487. The summed E-state index contributed by atoms with van der Waals surface area (Å²) < 4.78 is 0. The van der Waals surface area contributed by atoms with Crippen molar-refractivity contribution in [1.29, 1.82) is 0 Å². The predicted molar refractivity (Wildman–Crippen MR) is 78.6 cm³/mol. The van der Waals surface area contributed by atoms with Crippen LogP contribution in [-0.2, 0) is 16.8 Å². The second-order valence-electron chi connectivity index (χ2n) is 6.91. The van der Waals surface area contributed by atoms with E-state index in [1.165, 1.54) is 11.1 Å². The van der Waals surface area contributed by atoms with Crippen molar-refractivity contribution in [3.63, 3.8) is 0 Å². The van der Waals surface area contributed by atoms with E-state index in [2.05, 4.69) is 43.8 Å². The first kappa shape index (κ1) is 15.0. The topological polar surface area (TPSA) is 53.4 Å². The molecule has 0 amide bonds. The highest BCUT2D eigenvalue weighted by molar-refractivity contribution is 5.71. The first-order valence-electron chi connectivity index (χ1n) is 7.15. The number of rotatable bonds is 4. The van der Waals surface area contributed by atoms with Crippen molar-refractivity contribution >= 4 is 5.97 Å². The number of hydrogen-bond acceptors (Lipinski definition) is 3. The molecule has 0 atom stereocenters. The second kappa shape index (κ2) is 5.52. The normalized spacial score (nSPS) is 22.6. The summed E-state index contributed by atoms with van der Waals surface area (Å²) in [5.41, 5.74) is 2.53. The first-order valence-corrected chi connectivity index (χ1v) is 7.15. The molecule has 1 N–H and O–H groups in total. The van der Waals surface area contributed by atoms with Crippen molar-refractivity contribution in [3.05, 3.63) is 29.6 Å². The number of aliphatic carboxylic acids is 1. The number of carboxylic acids is 1. The molecule has 110 valence electrons. The Labute approximate surface area is 120 Å². The molecule has 0 unspecified atom stereocenters. The number of nitrogens with zero attached hydrogens (tertiary/aromatic N) is 2. The fourth-order valence-electron chi connectivity index (χ4n) is 2.55. The summed E-state index contributed by atoms with van der Waals surface area (Å²) in [6.45, 7) is 7.37. The quantitative estimate of drug-likeness (QED) is 0.918. The molecule has 4 heteroatoms. The maximum Gasteiger partial charge on any atom is 0.306 e. The average Bonchev–Trinajstić information content (AvgIpc) is 2.25. The van der Waals surface area contributed by atoms with Gasteiger partial charge >= 0.3 is 5.97 Å². The molecular formula is C16H24N2O2. The van der Waals surface area contributed by atoms with E-state index in [0.717, 1.165) is 19.4 Å². The molecule has 2 rings (SSSR count). The van der Waals surface area contributed by atoms with Gasteiger partial charge < -0.3 is 5.11 Å². The third-order valence-corrected chi connectivity index (χ3v) is 4.18. The highest BCUT2D eigenvalue weighted by Crippen LogP contribution is 2.32. The van der Waals surface area contributed by atoms with E-state index in [1.807, 2.05) is 12.4 Å². The first-order chi connectivity index (χ1) is 9.27. The van der Waals surface area contributed by atoms with Crippen LogP contribution in [-0.4, -0.2) is 34.0 Å². The van der Waals surface area contributed by atoms with Gasteiger partial charge in [-0.2, -0.15) is 0 Å². The van der Waals surface area contributed by atoms with Crippen LogP contribution in [0.25, 0.3) is 0 Å².